The van der Waals surface area contributed by atoms with Crippen LogP contribution in [0.25, 0.3) is 0 Å². The normalized spacial score (nSPS) is 11.8. The number of hydrogen-bond donors (Lipinski definition) is 1. The molecule has 0 radical (unpaired) electrons. The summed E-state index contributed by atoms with van der Waals surface area (Å²) in [6.45, 7) is 4.06. The highest BCUT2D eigenvalue weighted by molar-refractivity contribution is 5.91. The number of hydrogen-bond acceptors (Lipinski definition) is 5. The van der Waals surface area contributed by atoms with E-state index in [1.54, 1.807) is 19.2 Å². The molecule has 0 aliphatic carbocycles. The number of aromatic nitrogens is 2. The second-order valence-electron chi connectivity index (χ2n) is 5.71. The number of carbonyl (C=O) groups is 1. The fraction of sp³-hybridized carbons (Fsp3) is 0.211. The Morgan fingerprint density at radius 2 is 2.12 bits per heavy atom. The highest BCUT2D eigenvalue weighted by atomic mass is 16.5. The zero-order valence-electron chi connectivity index (χ0n) is 14.1. The van der Waals surface area contributed by atoms with E-state index in [1.165, 1.54) is 0 Å². The van der Waals surface area contributed by atoms with Crippen LogP contribution in [0.2, 0.25) is 0 Å². The largest absolute Gasteiger partial charge is 0.487 e. The Labute approximate surface area is 145 Å². The molecule has 0 bridgehead atoms. The summed E-state index contributed by atoms with van der Waals surface area (Å²) in [5.41, 5.74) is 2.46. The minimum absolute atomic E-state index is 0.198. The fourth-order valence-corrected chi connectivity index (χ4v) is 2.34. The zero-order chi connectivity index (χ0) is 17.6. The molecule has 1 aromatic carbocycles. The van der Waals surface area contributed by atoms with Crippen LogP contribution in [0.5, 0.6) is 5.75 Å². The second-order valence-corrected chi connectivity index (χ2v) is 5.71. The minimum atomic E-state index is -0.298. The number of ether oxygens (including phenoxy) is 1. The molecule has 2 heterocycles. The standard InChI is InChI=1S/C19H19N3O3/c1-13-10-18(25-22-13)19(23)21-14(2)15-6-5-8-17(11-15)24-12-16-7-3-4-9-20-16/h3-11,14H,12H2,1-2H3,(H,21,23)/t14-/m1/s1. The Balaban J connectivity index is 1.63. The lowest BCUT2D eigenvalue weighted by molar-refractivity contribution is 0.0902. The Bertz CT molecular complexity index is 846. The monoisotopic (exact) mass is 337 g/mol. The first-order chi connectivity index (χ1) is 12.1. The number of benzene rings is 1. The number of amides is 1. The van der Waals surface area contributed by atoms with Gasteiger partial charge >= 0.3 is 0 Å². The van der Waals surface area contributed by atoms with Crippen LogP contribution in [0, 0.1) is 6.92 Å². The molecule has 0 saturated carbocycles. The molecule has 6 heteroatoms. The van der Waals surface area contributed by atoms with E-state index in [-0.39, 0.29) is 17.7 Å². The lowest BCUT2D eigenvalue weighted by Crippen LogP contribution is -2.26. The number of aryl methyl sites for hydroxylation is 1. The summed E-state index contributed by atoms with van der Waals surface area (Å²) in [4.78, 5) is 16.4. The molecule has 0 aliphatic heterocycles. The van der Waals surface area contributed by atoms with E-state index in [0.717, 1.165) is 17.0 Å². The van der Waals surface area contributed by atoms with Crippen LogP contribution in [-0.4, -0.2) is 16.0 Å². The van der Waals surface area contributed by atoms with E-state index in [1.807, 2.05) is 49.4 Å². The minimum Gasteiger partial charge on any atom is -0.487 e. The van der Waals surface area contributed by atoms with Gasteiger partial charge in [-0.2, -0.15) is 0 Å². The molecular weight excluding hydrogens is 318 g/mol. The second kappa shape index (κ2) is 7.61. The van der Waals surface area contributed by atoms with E-state index < -0.39 is 0 Å². The quantitative estimate of drug-likeness (QED) is 0.745. The van der Waals surface area contributed by atoms with Crippen molar-refractivity contribution in [2.24, 2.45) is 0 Å². The van der Waals surface area contributed by atoms with Gasteiger partial charge in [-0.25, -0.2) is 0 Å². The third kappa shape index (κ3) is 4.44. The summed E-state index contributed by atoms with van der Waals surface area (Å²) in [6, 6.07) is 14.7. The molecular formula is C19H19N3O3. The zero-order valence-corrected chi connectivity index (χ0v) is 14.1. The Morgan fingerprint density at radius 1 is 1.24 bits per heavy atom. The van der Waals surface area contributed by atoms with Crippen molar-refractivity contribution < 1.29 is 14.1 Å². The van der Waals surface area contributed by atoms with E-state index in [9.17, 15) is 4.79 Å². The predicted molar refractivity (Wildman–Crippen MR) is 92.1 cm³/mol. The number of pyridine rings is 1. The van der Waals surface area contributed by atoms with Gasteiger partial charge in [0.2, 0.25) is 5.76 Å². The average molecular weight is 337 g/mol. The van der Waals surface area contributed by atoms with Crippen molar-refractivity contribution in [3.63, 3.8) is 0 Å². The molecule has 25 heavy (non-hydrogen) atoms. The average Bonchev–Trinajstić information content (AvgIpc) is 3.08. The lowest BCUT2D eigenvalue weighted by Gasteiger charge is -2.14. The summed E-state index contributed by atoms with van der Waals surface area (Å²) in [7, 11) is 0. The first-order valence-corrected chi connectivity index (χ1v) is 7.98. The van der Waals surface area contributed by atoms with Gasteiger partial charge < -0.3 is 14.6 Å². The Hall–Kier alpha value is -3.15. The molecule has 0 fully saturated rings. The SMILES string of the molecule is Cc1cc(C(=O)N[C@H](C)c2cccc(OCc3ccccn3)c2)on1. The number of carbonyl (C=O) groups excluding carboxylic acids is 1. The lowest BCUT2D eigenvalue weighted by atomic mass is 10.1. The fourth-order valence-electron chi connectivity index (χ4n) is 2.34. The predicted octanol–water partition coefficient (Wildman–Crippen LogP) is 3.45. The molecule has 3 aromatic rings. The van der Waals surface area contributed by atoms with Crippen LogP contribution in [0.15, 0.2) is 59.3 Å². The van der Waals surface area contributed by atoms with Gasteiger partial charge in [0.1, 0.15) is 12.4 Å². The van der Waals surface area contributed by atoms with Gasteiger partial charge in [0.15, 0.2) is 0 Å². The molecule has 1 amide bonds. The topological polar surface area (TPSA) is 77.2 Å². The Kier molecular flexibility index (Phi) is 5.09. The molecule has 3 rings (SSSR count). The van der Waals surface area contributed by atoms with Gasteiger partial charge in [-0.1, -0.05) is 23.4 Å². The maximum absolute atomic E-state index is 12.2. The number of nitrogens with one attached hydrogen (secondary N) is 1. The summed E-state index contributed by atoms with van der Waals surface area (Å²) in [5.74, 6) is 0.625. The highest BCUT2D eigenvalue weighted by Gasteiger charge is 2.15. The van der Waals surface area contributed by atoms with Crippen molar-refractivity contribution >= 4 is 5.91 Å². The van der Waals surface area contributed by atoms with Crippen LogP contribution < -0.4 is 10.1 Å². The third-order valence-corrected chi connectivity index (χ3v) is 3.67. The smallest absolute Gasteiger partial charge is 0.290 e. The van der Waals surface area contributed by atoms with Crippen molar-refractivity contribution in [3.05, 3.63) is 77.4 Å². The van der Waals surface area contributed by atoms with E-state index in [2.05, 4.69) is 15.5 Å². The third-order valence-electron chi connectivity index (χ3n) is 3.67. The van der Waals surface area contributed by atoms with Crippen molar-refractivity contribution in [1.29, 1.82) is 0 Å². The molecule has 0 aliphatic rings. The van der Waals surface area contributed by atoms with Gasteiger partial charge in [0, 0.05) is 12.3 Å². The molecule has 6 nitrogen and oxygen atoms in total. The van der Waals surface area contributed by atoms with Crippen LogP contribution in [0.3, 0.4) is 0 Å². The summed E-state index contributed by atoms with van der Waals surface area (Å²) < 4.78 is 10.8. The molecule has 0 spiro atoms. The Morgan fingerprint density at radius 3 is 2.84 bits per heavy atom. The van der Waals surface area contributed by atoms with Gasteiger partial charge in [-0.3, -0.25) is 9.78 Å². The van der Waals surface area contributed by atoms with E-state index in [0.29, 0.717) is 12.3 Å². The van der Waals surface area contributed by atoms with Gasteiger partial charge in [0.05, 0.1) is 17.4 Å². The van der Waals surface area contributed by atoms with Gasteiger partial charge in [0.25, 0.3) is 5.91 Å². The van der Waals surface area contributed by atoms with E-state index in [4.69, 9.17) is 9.26 Å². The van der Waals surface area contributed by atoms with Crippen LogP contribution in [0.4, 0.5) is 0 Å². The molecule has 0 saturated heterocycles. The number of rotatable bonds is 6. The summed E-state index contributed by atoms with van der Waals surface area (Å²) in [5, 5.41) is 6.61. The van der Waals surface area contributed by atoms with Gasteiger partial charge in [-0.15, -0.1) is 0 Å². The first-order valence-electron chi connectivity index (χ1n) is 7.98. The van der Waals surface area contributed by atoms with Crippen LogP contribution >= 0.6 is 0 Å². The van der Waals surface area contributed by atoms with Gasteiger partial charge in [-0.05, 0) is 43.7 Å². The molecule has 1 atom stereocenters. The maximum Gasteiger partial charge on any atom is 0.290 e. The van der Waals surface area contributed by atoms with Crippen molar-refractivity contribution in [2.75, 3.05) is 0 Å². The highest BCUT2D eigenvalue weighted by Crippen LogP contribution is 2.20. The van der Waals surface area contributed by atoms with E-state index >= 15 is 0 Å². The maximum atomic E-state index is 12.2. The molecule has 128 valence electrons. The van der Waals surface area contributed by atoms with Crippen LogP contribution in [-0.2, 0) is 6.61 Å². The van der Waals surface area contributed by atoms with Crippen molar-refractivity contribution in [1.82, 2.24) is 15.5 Å². The molecule has 0 unspecified atom stereocenters. The van der Waals surface area contributed by atoms with Crippen molar-refractivity contribution in [2.45, 2.75) is 26.5 Å². The summed E-state index contributed by atoms with van der Waals surface area (Å²) in [6.07, 6.45) is 1.73. The first kappa shape index (κ1) is 16.7. The van der Waals surface area contributed by atoms with Crippen molar-refractivity contribution in [3.8, 4) is 5.75 Å². The molecule has 1 N–H and O–H groups in total. The summed E-state index contributed by atoms with van der Waals surface area (Å²) >= 11 is 0. The van der Waals surface area contributed by atoms with Crippen LogP contribution in [0.1, 0.15) is 40.5 Å². The molecule has 2 aromatic heterocycles. The number of nitrogens with zero attached hydrogens (tertiary/aromatic N) is 2.